The normalized spacial score (nSPS) is 11.4. The summed E-state index contributed by atoms with van der Waals surface area (Å²) in [7, 11) is 0. The van der Waals surface area contributed by atoms with Crippen molar-refractivity contribution in [3.8, 4) is 5.69 Å². The average Bonchev–Trinajstić information content (AvgIpc) is 2.99. The summed E-state index contributed by atoms with van der Waals surface area (Å²) in [5.41, 5.74) is 3.18. The summed E-state index contributed by atoms with van der Waals surface area (Å²) in [4.78, 5) is 21.4. The number of hydrogen-bond donors (Lipinski definition) is 0. The molecule has 3 aromatic heterocycles. The number of aryl methyl sites for hydroxylation is 1. The molecule has 0 atom stereocenters. The molecular weight excluding hydrogens is 300 g/mol. The van der Waals surface area contributed by atoms with E-state index in [9.17, 15) is 4.79 Å². The highest BCUT2D eigenvalue weighted by Crippen LogP contribution is 2.20. The Morgan fingerprint density at radius 3 is 2.73 bits per heavy atom. The van der Waals surface area contributed by atoms with Crippen LogP contribution in [0.4, 0.5) is 0 Å². The number of imidazole rings is 1. The fraction of sp³-hybridized carbons (Fsp3) is 0.0625. The molecule has 22 heavy (non-hydrogen) atoms. The van der Waals surface area contributed by atoms with Crippen molar-refractivity contribution in [2.75, 3.05) is 0 Å². The van der Waals surface area contributed by atoms with E-state index < -0.39 is 0 Å². The van der Waals surface area contributed by atoms with Gasteiger partial charge in [0.05, 0.1) is 11.2 Å². The third-order valence-electron chi connectivity index (χ3n) is 3.68. The van der Waals surface area contributed by atoms with E-state index in [4.69, 9.17) is 11.6 Å². The van der Waals surface area contributed by atoms with Gasteiger partial charge in [-0.1, -0.05) is 29.8 Å². The van der Waals surface area contributed by atoms with Crippen LogP contribution in [-0.2, 0) is 0 Å². The molecule has 0 N–H and O–H groups in total. The van der Waals surface area contributed by atoms with Crippen LogP contribution in [0.1, 0.15) is 5.56 Å². The Balaban J connectivity index is 2.29. The lowest BCUT2D eigenvalue weighted by atomic mass is 10.2. The Bertz CT molecular complexity index is 1080. The van der Waals surface area contributed by atoms with E-state index in [-0.39, 0.29) is 5.56 Å². The first-order valence-electron chi connectivity index (χ1n) is 6.77. The number of rotatable bonds is 1. The van der Waals surface area contributed by atoms with Crippen LogP contribution in [0.3, 0.4) is 0 Å². The predicted molar refractivity (Wildman–Crippen MR) is 85.8 cm³/mol. The van der Waals surface area contributed by atoms with Crippen molar-refractivity contribution >= 4 is 28.4 Å². The van der Waals surface area contributed by atoms with E-state index in [0.29, 0.717) is 16.4 Å². The Hall–Kier alpha value is -2.66. The molecule has 0 bridgehead atoms. The van der Waals surface area contributed by atoms with Crippen molar-refractivity contribution < 1.29 is 0 Å². The molecule has 0 aliphatic heterocycles. The van der Waals surface area contributed by atoms with Gasteiger partial charge in [0.1, 0.15) is 5.15 Å². The summed E-state index contributed by atoms with van der Waals surface area (Å²) >= 11 is 6.04. The zero-order valence-electron chi connectivity index (χ0n) is 11.7. The molecular formula is C16H11ClN4O. The number of hydrogen-bond acceptors (Lipinski definition) is 3. The zero-order valence-corrected chi connectivity index (χ0v) is 12.4. The molecule has 4 aromatic rings. The van der Waals surface area contributed by atoms with Crippen molar-refractivity contribution in [1.29, 1.82) is 0 Å². The van der Waals surface area contributed by atoms with Gasteiger partial charge in [0.25, 0.3) is 5.56 Å². The van der Waals surface area contributed by atoms with E-state index in [2.05, 4.69) is 9.97 Å². The van der Waals surface area contributed by atoms with Crippen LogP contribution in [0.2, 0.25) is 5.15 Å². The first-order chi connectivity index (χ1) is 10.7. The SMILES string of the molecule is Cc1ccccc1-n1c(=O)c2nccn2c2ccc(Cl)nc21. The highest BCUT2D eigenvalue weighted by Gasteiger charge is 2.15. The maximum Gasteiger partial charge on any atom is 0.300 e. The van der Waals surface area contributed by atoms with Crippen molar-refractivity contribution in [2.45, 2.75) is 6.92 Å². The topological polar surface area (TPSA) is 52.2 Å². The summed E-state index contributed by atoms with van der Waals surface area (Å²) in [5, 5.41) is 0.341. The number of pyridine rings is 1. The molecule has 0 radical (unpaired) electrons. The van der Waals surface area contributed by atoms with Crippen molar-refractivity contribution in [3.05, 3.63) is 69.9 Å². The van der Waals surface area contributed by atoms with Gasteiger partial charge in [0.2, 0.25) is 5.65 Å². The molecule has 6 heteroatoms. The van der Waals surface area contributed by atoms with Crippen LogP contribution in [0.25, 0.3) is 22.5 Å². The molecule has 3 heterocycles. The van der Waals surface area contributed by atoms with Gasteiger partial charge in [0, 0.05) is 12.4 Å². The lowest BCUT2D eigenvalue weighted by Crippen LogP contribution is -2.23. The van der Waals surface area contributed by atoms with Gasteiger partial charge < -0.3 is 0 Å². The van der Waals surface area contributed by atoms with Gasteiger partial charge in [-0.3, -0.25) is 13.8 Å². The first kappa shape index (κ1) is 13.0. The molecule has 5 nitrogen and oxygen atoms in total. The fourth-order valence-corrected chi connectivity index (χ4v) is 2.80. The van der Waals surface area contributed by atoms with E-state index in [0.717, 1.165) is 16.8 Å². The van der Waals surface area contributed by atoms with Crippen molar-refractivity contribution in [1.82, 2.24) is 18.9 Å². The number of aromatic nitrogens is 4. The van der Waals surface area contributed by atoms with Gasteiger partial charge in [0.15, 0.2) is 5.65 Å². The van der Waals surface area contributed by atoms with Crippen LogP contribution < -0.4 is 5.56 Å². The summed E-state index contributed by atoms with van der Waals surface area (Å²) in [6.07, 6.45) is 3.35. The third kappa shape index (κ3) is 1.76. The second-order valence-corrected chi connectivity index (χ2v) is 5.41. The minimum absolute atomic E-state index is 0.221. The van der Waals surface area contributed by atoms with E-state index in [1.54, 1.807) is 27.4 Å². The standard InChI is InChI=1S/C16H11ClN4O/c1-10-4-2-3-5-11(10)21-14-12(6-7-13(17)19-14)20-9-8-18-15(20)16(21)22/h2-9H,1H3. The second-order valence-electron chi connectivity index (χ2n) is 5.02. The smallest absolute Gasteiger partial charge is 0.292 e. The predicted octanol–water partition coefficient (Wildman–Crippen LogP) is 3.00. The maximum absolute atomic E-state index is 12.9. The van der Waals surface area contributed by atoms with Gasteiger partial charge in [-0.15, -0.1) is 0 Å². The lowest BCUT2D eigenvalue weighted by molar-refractivity contribution is 0.978. The van der Waals surface area contributed by atoms with Crippen LogP contribution in [0.5, 0.6) is 0 Å². The minimum Gasteiger partial charge on any atom is -0.292 e. The number of nitrogens with zero attached hydrogens (tertiary/aromatic N) is 4. The Morgan fingerprint density at radius 1 is 1.09 bits per heavy atom. The molecule has 0 saturated heterocycles. The number of halogens is 1. The maximum atomic E-state index is 12.9. The summed E-state index contributed by atoms with van der Waals surface area (Å²) in [6.45, 7) is 1.95. The molecule has 0 amide bonds. The summed E-state index contributed by atoms with van der Waals surface area (Å²) < 4.78 is 3.30. The van der Waals surface area contributed by atoms with Crippen LogP contribution >= 0.6 is 11.6 Å². The van der Waals surface area contributed by atoms with Crippen LogP contribution in [-0.4, -0.2) is 18.9 Å². The number of fused-ring (bicyclic) bond motifs is 3. The molecule has 0 aliphatic rings. The molecule has 4 rings (SSSR count). The molecule has 1 aromatic carbocycles. The monoisotopic (exact) mass is 310 g/mol. The largest absolute Gasteiger partial charge is 0.300 e. The first-order valence-corrected chi connectivity index (χ1v) is 7.15. The fourth-order valence-electron chi connectivity index (χ4n) is 2.66. The van der Waals surface area contributed by atoms with E-state index in [1.165, 1.54) is 0 Å². The van der Waals surface area contributed by atoms with Crippen molar-refractivity contribution in [3.63, 3.8) is 0 Å². The van der Waals surface area contributed by atoms with E-state index >= 15 is 0 Å². The van der Waals surface area contributed by atoms with Gasteiger partial charge in [-0.25, -0.2) is 9.97 Å². The second kappa shape index (κ2) is 4.68. The molecule has 0 fully saturated rings. The summed E-state index contributed by atoms with van der Waals surface area (Å²) in [6, 6.07) is 11.2. The summed E-state index contributed by atoms with van der Waals surface area (Å²) in [5.74, 6) is 0. The molecule has 0 spiro atoms. The van der Waals surface area contributed by atoms with Gasteiger partial charge in [-0.05, 0) is 30.7 Å². The third-order valence-corrected chi connectivity index (χ3v) is 3.89. The zero-order chi connectivity index (χ0) is 15.3. The van der Waals surface area contributed by atoms with Crippen molar-refractivity contribution in [2.24, 2.45) is 0 Å². The van der Waals surface area contributed by atoms with Crippen LogP contribution in [0, 0.1) is 6.92 Å². The molecule has 0 aliphatic carbocycles. The van der Waals surface area contributed by atoms with Crippen LogP contribution in [0.15, 0.2) is 53.6 Å². The lowest BCUT2D eigenvalue weighted by Gasteiger charge is -2.13. The minimum atomic E-state index is -0.221. The Kier molecular flexibility index (Phi) is 2.77. The number of benzene rings is 1. The molecule has 0 saturated carbocycles. The molecule has 0 unspecified atom stereocenters. The average molecular weight is 311 g/mol. The highest BCUT2D eigenvalue weighted by atomic mass is 35.5. The quantitative estimate of drug-likeness (QED) is 0.508. The number of para-hydroxylation sites is 1. The Labute approximate surface area is 130 Å². The highest BCUT2D eigenvalue weighted by molar-refractivity contribution is 6.29. The van der Waals surface area contributed by atoms with Gasteiger partial charge in [-0.2, -0.15) is 0 Å². The van der Waals surface area contributed by atoms with Gasteiger partial charge >= 0.3 is 0 Å². The molecule has 108 valence electrons. The van der Waals surface area contributed by atoms with E-state index in [1.807, 2.05) is 37.3 Å². The Morgan fingerprint density at radius 2 is 1.91 bits per heavy atom.